The summed E-state index contributed by atoms with van der Waals surface area (Å²) in [5, 5.41) is 1.15. The third-order valence-corrected chi connectivity index (χ3v) is 2.18. The second-order valence-corrected chi connectivity index (χ2v) is 3.86. The Morgan fingerprint density at radius 1 is 1.46 bits per heavy atom. The molecule has 0 saturated carbocycles. The van der Waals surface area contributed by atoms with E-state index >= 15 is 0 Å². The summed E-state index contributed by atoms with van der Waals surface area (Å²) in [6, 6.07) is 4.88. The summed E-state index contributed by atoms with van der Waals surface area (Å²) in [5.74, 6) is 0.0473. The Labute approximate surface area is 90.2 Å². The number of ketones is 1. The molecule has 0 heterocycles. The van der Waals surface area contributed by atoms with Gasteiger partial charge in [0.25, 0.3) is 0 Å². The van der Waals surface area contributed by atoms with Gasteiger partial charge in [0, 0.05) is 28.0 Å². The summed E-state index contributed by atoms with van der Waals surface area (Å²) >= 11 is 8.95. The summed E-state index contributed by atoms with van der Waals surface area (Å²) in [4.78, 5) is 11.4. The maximum Gasteiger partial charge on any atom is 0.163 e. The molecule has 0 radical (unpaired) electrons. The lowest BCUT2D eigenvalue weighted by Crippen LogP contribution is -2.00. The van der Waals surface area contributed by atoms with Crippen LogP contribution in [0.2, 0.25) is 5.02 Å². The van der Waals surface area contributed by atoms with Crippen LogP contribution in [0.4, 0.5) is 5.69 Å². The second-order valence-electron chi connectivity index (χ2n) is 2.64. The average molecular weight is 263 g/mol. The Balaban J connectivity index is 2.94. The van der Waals surface area contributed by atoms with Gasteiger partial charge in [-0.15, -0.1) is 0 Å². The van der Waals surface area contributed by atoms with Crippen molar-refractivity contribution in [1.82, 2.24) is 0 Å². The highest BCUT2D eigenvalue weighted by molar-refractivity contribution is 9.09. The van der Waals surface area contributed by atoms with Gasteiger partial charge in [0.1, 0.15) is 0 Å². The van der Waals surface area contributed by atoms with Gasteiger partial charge in [-0.3, -0.25) is 4.79 Å². The topological polar surface area (TPSA) is 43.1 Å². The zero-order valence-corrected chi connectivity index (χ0v) is 9.23. The molecule has 0 aliphatic heterocycles. The van der Waals surface area contributed by atoms with Gasteiger partial charge in [-0.25, -0.2) is 0 Å². The van der Waals surface area contributed by atoms with Gasteiger partial charge in [-0.2, -0.15) is 0 Å². The first-order chi connectivity index (χ1) is 6.13. The molecule has 0 aliphatic rings. The number of carbonyl (C=O) groups excluding carboxylic acids is 1. The van der Waals surface area contributed by atoms with Crippen molar-refractivity contribution >= 4 is 39.0 Å². The third kappa shape index (κ3) is 3.01. The summed E-state index contributed by atoms with van der Waals surface area (Å²) in [6.45, 7) is 0. The van der Waals surface area contributed by atoms with Gasteiger partial charge in [-0.05, 0) is 18.2 Å². The van der Waals surface area contributed by atoms with Crippen LogP contribution in [0.3, 0.4) is 0 Å². The van der Waals surface area contributed by atoms with E-state index in [1.807, 2.05) is 0 Å². The van der Waals surface area contributed by atoms with Crippen molar-refractivity contribution in [3.05, 3.63) is 28.8 Å². The number of rotatable bonds is 3. The first-order valence-electron chi connectivity index (χ1n) is 3.78. The van der Waals surface area contributed by atoms with Crippen LogP contribution in [0.25, 0.3) is 0 Å². The molecular formula is C9H9BrClNO. The standard InChI is InChI=1S/C9H9BrClNO/c10-2-1-9(13)6-3-7(11)5-8(12)4-6/h3-5H,1-2,12H2. The lowest BCUT2D eigenvalue weighted by molar-refractivity contribution is 0.0990. The Bertz CT molecular complexity index is 307. The first-order valence-corrected chi connectivity index (χ1v) is 5.28. The summed E-state index contributed by atoms with van der Waals surface area (Å²) in [5.41, 5.74) is 6.64. The molecule has 2 nitrogen and oxygen atoms in total. The number of hydrogen-bond donors (Lipinski definition) is 1. The smallest absolute Gasteiger partial charge is 0.163 e. The summed E-state index contributed by atoms with van der Waals surface area (Å²) in [6.07, 6.45) is 0.458. The van der Waals surface area contributed by atoms with Crippen LogP contribution in [-0.2, 0) is 0 Å². The van der Waals surface area contributed by atoms with E-state index < -0.39 is 0 Å². The van der Waals surface area contributed by atoms with Gasteiger partial charge in [0.2, 0.25) is 0 Å². The number of Topliss-reactive ketones (excluding diaryl/α,β-unsaturated/α-hetero) is 1. The minimum Gasteiger partial charge on any atom is -0.399 e. The number of hydrogen-bond acceptors (Lipinski definition) is 2. The van der Waals surface area contributed by atoms with Gasteiger partial charge >= 0.3 is 0 Å². The fraction of sp³-hybridized carbons (Fsp3) is 0.222. The maximum atomic E-state index is 11.4. The van der Waals surface area contributed by atoms with Crippen molar-refractivity contribution in [2.24, 2.45) is 0 Å². The SMILES string of the molecule is Nc1cc(Cl)cc(C(=O)CCBr)c1. The van der Waals surface area contributed by atoms with E-state index in [9.17, 15) is 4.79 Å². The Morgan fingerprint density at radius 2 is 2.15 bits per heavy atom. The highest BCUT2D eigenvalue weighted by atomic mass is 79.9. The molecule has 0 saturated heterocycles. The zero-order chi connectivity index (χ0) is 9.84. The number of benzene rings is 1. The quantitative estimate of drug-likeness (QED) is 0.517. The minimum absolute atomic E-state index is 0.0473. The van der Waals surface area contributed by atoms with Gasteiger partial charge in [0.15, 0.2) is 5.78 Å². The van der Waals surface area contributed by atoms with Crippen molar-refractivity contribution in [2.45, 2.75) is 6.42 Å². The van der Waals surface area contributed by atoms with E-state index in [2.05, 4.69) is 15.9 Å². The van der Waals surface area contributed by atoms with Crippen LogP contribution < -0.4 is 5.73 Å². The molecule has 0 fully saturated rings. The molecule has 4 heteroatoms. The van der Waals surface area contributed by atoms with Gasteiger partial charge in [0.05, 0.1) is 0 Å². The molecule has 0 atom stereocenters. The number of carbonyl (C=O) groups is 1. The van der Waals surface area contributed by atoms with Crippen LogP contribution >= 0.6 is 27.5 Å². The molecule has 1 rings (SSSR count). The van der Waals surface area contributed by atoms with Crippen LogP contribution in [0.15, 0.2) is 18.2 Å². The Kier molecular flexibility index (Phi) is 3.75. The van der Waals surface area contributed by atoms with Crippen molar-refractivity contribution in [3.63, 3.8) is 0 Å². The van der Waals surface area contributed by atoms with Crippen LogP contribution in [0.1, 0.15) is 16.8 Å². The Morgan fingerprint density at radius 3 is 2.69 bits per heavy atom. The molecule has 2 N–H and O–H groups in total. The number of nitrogen functional groups attached to an aromatic ring is 1. The van der Waals surface area contributed by atoms with Gasteiger partial charge < -0.3 is 5.73 Å². The van der Waals surface area contributed by atoms with Crippen molar-refractivity contribution in [3.8, 4) is 0 Å². The van der Waals surface area contributed by atoms with E-state index in [1.54, 1.807) is 18.2 Å². The number of alkyl halides is 1. The predicted octanol–water partition coefficient (Wildman–Crippen LogP) is 2.89. The highest BCUT2D eigenvalue weighted by Gasteiger charge is 2.06. The van der Waals surface area contributed by atoms with E-state index in [4.69, 9.17) is 17.3 Å². The minimum atomic E-state index is 0.0473. The lowest BCUT2D eigenvalue weighted by Gasteiger charge is -2.01. The van der Waals surface area contributed by atoms with E-state index in [1.165, 1.54) is 0 Å². The number of nitrogens with two attached hydrogens (primary N) is 1. The third-order valence-electron chi connectivity index (χ3n) is 1.56. The van der Waals surface area contributed by atoms with Gasteiger partial charge in [-0.1, -0.05) is 27.5 Å². The fourth-order valence-electron chi connectivity index (χ4n) is 1.00. The normalized spacial score (nSPS) is 10.0. The predicted molar refractivity (Wildman–Crippen MR) is 58.6 cm³/mol. The van der Waals surface area contributed by atoms with Crippen LogP contribution in [0, 0.1) is 0 Å². The van der Waals surface area contributed by atoms with Crippen molar-refractivity contribution < 1.29 is 4.79 Å². The molecule has 0 bridgehead atoms. The molecular weight excluding hydrogens is 253 g/mol. The molecule has 1 aromatic carbocycles. The Hall–Kier alpha value is -0.540. The van der Waals surface area contributed by atoms with E-state index in [0.29, 0.717) is 28.0 Å². The molecule has 13 heavy (non-hydrogen) atoms. The molecule has 0 amide bonds. The van der Waals surface area contributed by atoms with E-state index in [0.717, 1.165) is 0 Å². The molecule has 0 unspecified atom stereocenters. The summed E-state index contributed by atoms with van der Waals surface area (Å²) in [7, 11) is 0. The van der Waals surface area contributed by atoms with Crippen LogP contribution in [-0.4, -0.2) is 11.1 Å². The molecule has 1 aromatic rings. The molecule has 70 valence electrons. The zero-order valence-electron chi connectivity index (χ0n) is 6.89. The number of halogens is 2. The fourth-order valence-corrected chi connectivity index (χ4v) is 1.61. The van der Waals surface area contributed by atoms with Crippen molar-refractivity contribution in [1.29, 1.82) is 0 Å². The maximum absolute atomic E-state index is 11.4. The monoisotopic (exact) mass is 261 g/mol. The second kappa shape index (κ2) is 4.63. The van der Waals surface area contributed by atoms with Crippen molar-refractivity contribution in [2.75, 3.05) is 11.1 Å². The average Bonchev–Trinajstić information content (AvgIpc) is 2.03. The van der Waals surface area contributed by atoms with E-state index in [-0.39, 0.29) is 5.78 Å². The largest absolute Gasteiger partial charge is 0.399 e. The highest BCUT2D eigenvalue weighted by Crippen LogP contribution is 2.17. The molecule has 0 aromatic heterocycles. The molecule has 0 spiro atoms. The van der Waals surface area contributed by atoms with Crippen LogP contribution in [0.5, 0.6) is 0 Å². The number of anilines is 1. The first kappa shape index (κ1) is 10.5. The molecule has 0 aliphatic carbocycles. The lowest BCUT2D eigenvalue weighted by atomic mass is 10.1. The summed E-state index contributed by atoms with van der Waals surface area (Å²) < 4.78 is 0.